The zero-order chi connectivity index (χ0) is 27.0. The molecule has 3 aromatic rings. The van der Waals surface area contributed by atoms with Crippen LogP contribution in [0.15, 0.2) is 53.6 Å². The second-order valence-corrected chi connectivity index (χ2v) is 11.8. The molecule has 4 heterocycles. The average Bonchev–Trinajstić information content (AvgIpc) is 3.09. The Kier molecular flexibility index (Phi) is 7.09. The third kappa shape index (κ3) is 5.82. The van der Waals surface area contributed by atoms with Gasteiger partial charge < -0.3 is 15.4 Å². The van der Waals surface area contributed by atoms with Crippen molar-refractivity contribution >= 4 is 27.6 Å². The normalized spacial score (nSPS) is 17.1. The summed E-state index contributed by atoms with van der Waals surface area (Å²) in [6.45, 7) is 10.8. The zero-order valence-electron chi connectivity index (χ0n) is 21.6. The van der Waals surface area contributed by atoms with Crippen molar-refractivity contribution in [3.8, 4) is 17.3 Å². The van der Waals surface area contributed by atoms with E-state index in [9.17, 15) is 13.2 Å². The number of carbonyl (C=O) groups is 1. The molecule has 0 spiro atoms. The third-order valence-electron chi connectivity index (χ3n) is 6.04. The Morgan fingerprint density at radius 3 is 2.43 bits per heavy atom. The monoisotopic (exact) mass is 524 g/mol. The van der Waals surface area contributed by atoms with Gasteiger partial charge in [-0.05, 0) is 70.4 Å². The topological polar surface area (TPSA) is 140 Å². The van der Waals surface area contributed by atoms with Crippen LogP contribution in [0.1, 0.15) is 51.4 Å². The van der Waals surface area contributed by atoms with Gasteiger partial charge in [-0.15, -0.1) is 0 Å². The molecule has 3 aromatic heterocycles. The summed E-state index contributed by atoms with van der Waals surface area (Å²) in [5.74, 6) is 0.438. The number of nitrogens with one attached hydrogen (secondary N) is 1. The van der Waals surface area contributed by atoms with E-state index < -0.39 is 15.9 Å². The van der Waals surface area contributed by atoms with Gasteiger partial charge in [0.2, 0.25) is 5.88 Å². The van der Waals surface area contributed by atoms with Gasteiger partial charge in [-0.25, -0.2) is 19.7 Å². The zero-order valence-corrected chi connectivity index (χ0v) is 22.4. The van der Waals surface area contributed by atoms with E-state index in [0.29, 0.717) is 35.5 Å². The van der Waals surface area contributed by atoms with Crippen molar-refractivity contribution < 1.29 is 17.9 Å². The molecule has 1 aliphatic heterocycles. The Morgan fingerprint density at radius 1 is 1.08 bits per heavy atom. The van der Waals surface area contributed by atoms with Gasteiger partial charge in [0.25, 0.3) is 15.9 Å². The highest BCUT2D eigenvalue weighted by Crippen LogP contribution is 2.38. The van der Waals surface area contributed by atoms with Crippen LogP contribution in [0.4, 0.5) is 11.6 Å². The SMILES string of the molecule is CC1CN(c2nc(-c3cccc(OC(C)C)n3)ccc2C(=O)NS(=O)(=O)c2cccc(N)n2)C(C)(C)C1. The van der Waals surface area contributed by atoms with E-state index in [-0.39, 0.29) is 28.1 Å². The Bertz CT molecular complexity index is 1420. The first-order chi connectivity index (χ1) is 17.4. The molecular formula is C26H32N6O4S. The summed E-state index contributed by atoms with van der Waals surface area (Å²) in [5, 5.41) is -0.340. The second kappa shape index (κ2) is 9.97. The molecule has 196 valence electrons. The molecule has 0 aliphatic carbocycles. The summed E-state index contributed by atoms with van der Waals surface area (Å²) in [6.07, 6.45) is 0.849. The molecule has 0 aromatic carbocycles. The van der Waals surface area contributed by atoms with Gasteiger partial charge in [-0.1, -0.05) is 19.1 Å². The molecule has 1 atom stereocenters. The quantitative estimate of drug-likeness (QED) is 0.474. The minimum atomic E-state index is -4.26. The van der Waals surface area contributed by atoms with Gasteiger partial charge in [-0.3, -0.25) is 4.79 Å². The number of hydrogen-bond acceptors (Lipinski definition) is 9. The van der Waals surface area contributed by atoms with Crippen LogP contribution in [-0.4, -0.2) is 47.5 Å². The van der Waals surface area contributed by atoms with Gasteiger partial charge in [0.1, 0.15) is 11.6 Å². The van der Waals surface area contributed by atoms with Crippen molar-refractivity contribution in [1.29, 1.82) is 0 Å². The van der Waals surface area contributed by atoms with Crippen LogP contribution in [-0.2, 0) is 10.0 Å². The summed E-state index contributed by atoms with van der Waals surface area (Å²) in [5.41, 5.74) is 6.58. The number of nitrogen functional groups attached to an aromatic ring is 1. The highest BCUT2D eigenvalue weighted by molar-refractivity contribution is 7.90. The summed E-state index contributed by atoms with van der Waals surface area (Å²) in [7, 11) is -4.26. The minimum Gasteiger partial charge on any atom is -0.475 e. The Morgan fingerprint density at radius 2 is 1.78 bits per heavy atom. The Hall–Kier alpha value is -3.73. The van der Waals surface area contributed by atoms with Crippen molar-refractivity contribution in [3.05, 3.63) is 54.1 Å². The molecule has 0 bridgehead atoms. The first kappa shape index (κ1) is 26.3. The lowest BCUT2D eigenvalue weighted by Crippen LogP contribution is -2.41. The second-order valence-electron chi connectivity index (χ2n) is 10.2. The van der Waals surface area contributed by atoms with Crippen LogP contribution in [0.25, 0.3) is 11.4 Å². The van der Waals surface area contributed by atoms with Crippen LogP contribution in [0.3, 0.4) is 0 Å². The van der Waals surface area contributed by atoms with Crippen molar-refractivity contribution in [2.75, 3.05) is 17.2 Å². The van der Waals surface area contributed by atoms with Crippen molar-refractivity contribution in [2.45, 2.75) is 57.7 Å². The lowest BCUT2D eigenvalue weighted by atomic mass is 9.97. The van der Waals surface area contributed by atoms with Crippen LogP contribution in [0, 0.1) is 5.92 Å². The molecule has 11 heteroatoms. The molecule has 1 unspecified atom stereocenters. The summed E-state index contributed by atoms with van der Waals surface area (Å²) in [6, 6.07) is 12.8. The fourth-order valence-corrected chi connectivity index (χ4v) is 5.55. The highest BCUT2D eigenvalue weighted by Gasteiger charge is 2.39. The number of rotatable bonds is 7. The minimum absolute atomic E-state index is 0.0333. The number of pyridine rings is 3. The molecule has 1 fully saturated rings. The van der Waals surface area contributed by atoms with Gasteiger partial charge in [0.05, 0.1) is 23.1 Å². The Labute approximate surface area is 217 Å². The molecule has 1 aliphatic rings. The maximum Gasteiger partial charge on any atom is 0.281 e. The van der Waals surface area contributed by atoms with E-state index in [1.54, 1.807) is 18.2 Å². The summed E-state index contributed by atoms with van der Waals surface area (Å²) in [4.78, 5) is 28.6. The van der Waals surface area contributed by atoms with E-state index in [1.165, 1.54) is 18.2 Å². The number of aromatic nitrogens is 3. The fourth-order valence-electron chi connectivity index (χ4n) is 4.61. The third-order valence-corrected chi connectivity index (χ3v) is 7.27. The van der Waals surface area contributed by atoms with Crippen molar-refractivity contribution in [3.63, 3.8) is 0 Å². The molecule has 0 radical (unpaired) electrons. The summed E-state index contributed by atoms with van der Waals surface area (Å²) >= 11 is 0. The lowest BCUT2D eigenvalue weighted by Gasteiger charge is -2.34. The van der Waals surface area contributed by atoms with Crippen LogP contribution in [0.2, 0.25) is 0 Å². The number of ether oxygens (including phenoxy) is 1. The number of nitrogens with two attached hydrogens (primary N) is 1. The smallest absolute Gasteiger partial charge is 0.281 e. The number of hydrogen-bond donors (Lipinski definition) is 2. The van der Waals surface area contributed by atoms with E-state index in [0.717, 1.165) is 6.42 Å². The molecule has 37 heavy (non-hydrogen) atoms. The van der Waals surface area contributed by atoms with E-state index in [4.69, 9.17) is 15.5 Å². The predicted octanol–water partition coefficient (Wildman–Crippen LogP) is 3.65. The molecule has 3 N–H and O–H groups in total. The average molecular weight is 525 g/mol. The molecule has 10 nitrogen and oxygen atoms in total. The van der Waals surface area contributed by atoms with E-state index in [2.05, 4.69) is 40.4 Å². The molecule has 0 saturated carbocycles. The number of anilines is 2. The van der Waals surface area contributed by atoms with Gasteiger partial charge in [0.15, 0.2) is 5.03 Å². The Balaban J connectivity index is 1.76. The first-order valence-electron chi connectivity index (χ1n) is 12.1. The number of amides is 1. The number of sulfonamides is 1. The van der Waals surface area contributed by atoms with Crippen LogP contribution in [0.5, 0.6) is 5.88 Å². The molecule has 1 amide bonds. The largest absolute Gasteiger partial charge is 0.475 e. The number of carbonyl (C=O) groups excluding carboxylic acids is 1. The van der Waals surface area contributed by atoms with Crippen LogP contribution < -0.4 is 20.1 Å². The highest BCUT2D eigenvalue weighted by atomic mass is 32.2. The van der Waals surface area contributed by atoms with Gasteiger partial charge >= 0.3 is 0 Å². The maximum absolute atomic E-state index is 13.4. The fraction of sp³-hybridized carbons (Fsp3) is 0.385. The summed E-state index contributed by atoms with van der Waals surface area (Å²) < 4.78 is 33.6. The maximum atomic E-state index is 13.4. The van der Waals surface area contributed by atoms with E-state index in [1.807, 2.05) is 26.0 Å². The van der Waals surface area contributed by atoms with Crippen molar-refractivity contribution in [2.24, 2.45) is 5.92 Å². The molecular weight excluding hydrogens is 492 g/mol. The number of nitrogens with zero attached hydrogens (tertiary/aromatic N) is 4. The standard InChI is InChI=1S/C26H32N6O4S/c1-16(2)36-22-10-6-8-19(28-22)20-13-12-18(24(29-20)32-15-17(3)14-26(32,4)5)25(33)31-37(34,35)23-11-7-9-21(27)30-23/h6-13,16-17H,14-15H2,1-5H3,(H2,27,30)(H,31,33). The van der Waals surface area contributed by atoms with E-state index >= 15 is 0 Å². The van der Waals surface area contributed by atoms with Crippen LogP contribution >= 0.6 is 0 Å². The van der Waals surface area contributed by atoms with Crippen molar-refractivity contribution in [1.82, 2.24) is 19.7 Å². The van der Waals surface area contributed by atoms with Gasteiger partial charge in [0, 0.05) is 18.2 Å². The predicted molar refractivity (Wildman–Crippen MR) is 142 cm³/mol. The first-order valence-corrected chi connectivity index (χ1v) is 13.6. The lowest BCUT2D eigenvalue weighted by molar-refractivity contribution is 0.0981. The molecule has 4 rings (SSSR count). The molecule has 1 saturated heterocycles. The van der Waals surface area contributed by atoms with Gasteiger partial charge in [-0.2, -0.15) is 8.42 Å².